The summed E-state index contributed by atoms with van der Waals surface area (Å²) in [6, 6.07) is 51.2. The summed E-state index contributed by atoms with van der Waals surface area (Å²) in [5, 5.41) is 0. The van der Waals surface area contributed by atoms with Crippen LogP contribution < -0.4 is 9.47 Å². The zero-order valence-electron chi connectivity index (χ0n) is 67.3. The highest BCUT2D eigenvalue weighted by Gasteiger charge is 2.32. The van der Waals surface area contributed by atoms with Gasteiger partial charge in [-0.3, -0.25) is 0 Å². The van der Waals surface area contributed by atoms with Gasteiger partial charge in [-0.25, -0.2) is 41.9 Å². The first-order valence-electron chi connectivity index (χ1n) is 41.5. The number of aromatic nitrogens is 8. The minimum atomic E-state index is -2.24. The minimum Gasteiger partial charge on any atom is -0.488 e. The maximum absolute atomic E-state index is 15.9. The highest BCUT2D eigenvalue weighted by atomic mass is 19.2. The molecule has 0 fully saturated rings. The largest absolute Gasteiger partial charge is 0.488 e. The molecule has 16 bridgehead atoms. The Labute approximate surface area is 671 Å². The summed E-state index contributed by atoms with van der Waals surface area (Å²) in [5.74, 6) is -8.87. The summed E-state index contributed by atoms with van der Waals surface area (Å²) in [5.41, 5.74) is 27.1. The molecule has 0 unspecified atom stereocenters. The monoisotopic (exact) mass is 1540 g/mol. The van der Waals surface area contributed by atoms with E-state index in [4.69, 9.17) is 29.4 Å². The van der Waals surface area contributed by atoms with Gasteiger partial charge in [0.15, 0.2) is 23.3 Å². The number of halogens is 5. The van der Waals surface area contributed by atoms with Crippen molar-refractivity contribution in [3.63, 3.8) is 0 Å². The number of allylic oxidation sites excluding steroid dienone is 4. The van der Waals surface area contributed by atoms with Crippen molar-refractivity contribution in [3.05, 3.63) is 260 Å². The van der Waals surface area contributed by atoms with Crippen LogP contribution in [0.5, 0.6) is 11.5 Å². The van der Waals surface area contributed by atoms with E-state index < -0.39 is 34.6 Å². The molecule has 0 saturated carbocycles. The van der Waals surface area contributed by atoms with Crippen molar-refractivity contribution in [1.82, 2.24) is 39.9 Å². The van der Waals surface area contributed by atoms with Crippen molar-refractivity contribution in [2.45, 2.75) is 197 Å². The van der Waals surface area contributed by atoms with E-state index >= 15 is 17.6 Å². The standard InChI is InChI=1S/C100H101F5N8O2/c1-9-13-17-27-36-72-60(5)97-87(67-44-42-66(43-45-67)86-76-50-46-68(106-76)54-70-48-52-78(108-70)88(90-92(101)94(103)96(105)95(104)93(90)102)79-53-49-71(109-79)55-69-47-51-77(86)107-69)98-61(6)73(37-28-18-14-10-2)81(111-98)57-83-75(39-30-20-16-12-4)63(8)100(113-83)91(99-62(7)74(38-29-19-15-11-3)82(112-99)56-80(72)110-97)89-84(114-58-64-32-23-21-24-33-64)40-31-41-85(89)115-59-65-34-25-22-26-35-65/h21-26,31-35,40-57,106,109-110,113H,9-20,27-30,36-39,58-59H2,1-8H3. The van der Waals surface area contributed by atoms with Crippen molar-refractivity contribution in [2.24, 2.45) is 0 Å². The maximum Gasteiger partial charge on any atom is 0.200 e. The number of nitrogens with one attached hydrogen (secondary N) is 4. The molecule has 15 heteroatoms. The Morgan fingerprint density at radius 1 is 0.330 bits per heavy atom. The van der Waals surface area contributed by atoms with Gasteiger partial charge in [0.25, 0.3) is 0 Å². The molecule has 4 aliphatic heterocycles. The quantitative estimate of drug-likeness (QED) is 0.0153. The van der Waals surface area contributed by atoms with Crippen molar-refractivity contribution in [1.29, 1.82) is 0 Å². The molecule has 115 heavy (non-hydrogen) atoms. The summed E-state index contributed by atoms with van der Waals surface area (Å²) in [6.45, 7) is 19.0. The minimum absolute atomic E-state index is 0.000855. The van der Waals surface area contributed by atoms with E-state index in [2.05, 4.69) is 178 Å². The first-order valence-corrected chi connectivity index (χ1v) is 41.5. The Balaban J connectivity index is 0.994. The molecule has 15 rings (SSSR count). The second kappa shape index (κ2) is 35.5. The number of rotatable bonds is 30. The number of fused-ring (bicyclic) bond motifs is 16. The predicted octanol–water partition coefficient (Wildman–Crippen LogP) is 28.5. The van der Waals surface area contributed by atoms with E-state index in [0.29, 0.717) is 52.8 Å². The summed E-state index contributed by atoms with van der Waals surface area (Å²) in [6.07, 6.45) is 27.8. The van der Waals surface area contributed by atoms with Gasteiger partial charge in [-0.1, -0.05) is 196 Å². The van der Waals surface area contributed by atoms with E-state index in [1.54, 1.807) is 24.3 Å². The van der Waals surface area contributed by atoms with Crippen LogP contribution in [0.3, 0.4) is 0 Å². The fourth-order valence-electron chi connectivity index (χ4n) is 17.0. The second-order valence-corrected chi connectivity index (χ2v) is 31.1. The Bertz CT molecular complexity index is 5890. The van der Waals surface area contributed by atoms with Crippen LogP contribution in [0.2, 0.25) is 0 Å². The molecule has 10 nitrogen and oxygen atoms in total. The Morgan fingerprint density at radius 2 is 0.739 bits per heavy atom. The molecule has 0 atom stereocenters. The smallest absolute Gasteiger partial charge is 0.200 e. The number of unbranched alkanes of at least 4 members (excludes halogenated alkanes) is 12. The Morgan fingerprint density at radius 3 is 1.20 bits per heavy atom. The van der Waals surface area contributed by atoms with Crippen LogP contribution in [0.4, 0.5) is 22.0 Å². The van der Waals surface area contributed by atoms with Crippen LogP contribution in [-0.2, 0) is 26.1 Å². The molecule has 4 aliphatic rings. The zero-order chi connectivity index (χ0) is 79.8. The van der Waals surface area contributed by atoms with E-state index in [0.717, 1.165) is 240 Å². The molecule has 6 aromatic heterocycles. The normalized spacial score (nSPS) is 12.7. The van der Waals surface area contributed by atoms with E-state index in [1.165, 1.54) is 40.0 Å². The van der Waals surface area contributed by atoms with Crippen LogP contribution in [0.1, 0.15) is 236 Å². The SMILES string of the molecule is CCCCCCC1=C(C)c2nc1cc1[nH]c(c(C)c1CCCCCC)c(-c1c(OCc3ccccc3)cccc1OCc1ccccc1)c1nc(cc3[nH]c(c(C)c3CCCCCC)c2-c2ccc(-c3c4nc(cc5ccc([nH]5)c(-c5c(F)c(F)c(F)c(F)c5F)c5nc(cc6ccc3[nH]6)C=C5)C=C4)cc2)C(CCCCCC)=C1C. The molecule has 588 valence electrons. The Hall–Kier alpha value is -11.5. The van der Waals surface area contributed by atoms with E-state index in [9.17, 15) is 4.39 Å². The average Bonchev–Trinajstić information content (AvgIpc) is 1.61. The number of H-pyrrole nitrogens is 4. The highest BCUT2D eigenvalue weighted by molar-refractivity contribution is 6.05. The lowest BCUT2D eigenvalue weighted by Gasteiger charge is -2.19. The van der Waals surface area contributed by atoms with Crippen molar-refractivity contribution >= 4 is 90.7 Å². The number of nitrogens with zero attached hydrogens (tertiary/aromatic N) is 4. The number of aromatic amines is 4. The number of benzene rings is 5. The van der Waals surface area contributed by atoms with Crippen LogP contribution in [0, 0.1) is 42.9 Å². The third kappa shape index (κ3) is 16.5. The fraction of sp³-hybridized carbons (Fsp3) is 0.300. The molecule has 0 saturated heterocycles. The lowest BCUT2D eigenvalue weighted by atomic mass is 9.92. The molecule has 0 radical (unpaired) electrons. The summed E-state index contributed by atoms with van der Waals surface area (Å²) in [7, 11) is 0. The number of hydrogen-bond acceptors (Lipinski definition) is 6. The van der Waals surface area contributed by atoms with Crippen molar-refractivity contribution in [3.8, 4) is 56.0 Å². The Kier molecular flexibility index (Phi) is 24.3. The van der Waals surface area contributed by atoms with Gasteiger partial charge < -0.3 is 29.4 Å². The molecule has 5 aromatic carbocycles. The molecular weight excluding hydrogens is 1440 g/mol. The van der Waals surface area contributed by atoms with Crippen LogP contribution in [0.25, 0.3) is 135 Å². The van der Waals surface area contributed by atoms with Gasteiger partial charge in [-0.2, -0.15) is 0 Å². The van der Waals surface area contributed by atoms with Gasteiger partial charge >= 0.3 is 0 Å². The first kappa shape index (κ1) is 78.8. The predicted molar refractivity (Wildman–Crippen MR) is 464 cm³/mol. The molecule has 0 aliphatic carbocycles. The van der Waals surface area contributed by atoms with Gasteiger partial charge in [0.2, 0.25) is 5.82 Å². The first-order chi connectivity index (χ1) is 56.1. The number of ether oxygens (including phenoxy) is 2. The van der Waals surface area contributed by atoms with Gasteiger partial charge in [-0.15, -0.1) is 0 Å². The summed E-state index contributed by atoms with van der Waals surface area (Å²) >= 11 is 0. The second-order valence-electron chi connectivity index (χ2n) is 31.1. The molecule has 10 heterocycles. The van der Waals surface area contributed by atoms with Crippen molar-refractivity contribution in [2.75, 3.05) is 0 Å². The lowest BCUT2D eigenvalue weighted by molar-refractivity contribution is 0.292. The van der Waals surface area contributed by atoms with Gasteiger partial charge in [0.1, 0.15) is 24.7 Å². The zero-order valence-corrected chi connectivity index (χ0v) is 67.3. The van der Waals surface area contributed by atoms with Crippen LogP contribution >= 0.6 is 0 Å². The topological polar surface area (TPSA) is 133 Å². The molecule has 11 aromatic rings. The van der Waals surface area contributed by atoms with E-state index in [1.807, 2.05) is 36.4 Å². The summed E-state index contributed by atoms with van der Waals surface area (Å²) in [4.78, 5) is 37.4. The molecule has 0 amide bonds. The lowest BCUT2D eigenvalue weighted by Crippen LogP contribution is -2.05. The maximum atomic E-state index is 15.9. The molecule has 0 spiro atoms. The van der Waals surface area contributed by atoms with Crippen LogP contribution in [-0.4, -0.2) is 39.9 Å². The van der Waals surface area contributed by atoms with Gasteiger partial charge in [0.05, 0.1) is 67.7 Å². The number of aryl methyl sites for hydroxylation is 4. The number of hydrogen-bond donors (Lipinski definition) is 4. The van der Waals surface area contributed by atoms with E-state index in [-0.39, 0.29) is 16.8 Å². The summed E-state index contributed by atoms with van der Waals surface area (Å²) < 4.78 is 90.6. The molecule has 4 N–H and O–H groups in total. The third-order valence-electron chi connectivity index (χ3n) is 23.2. The van der Waals surface area contributed by atoms with Gasteiger partial charge in [0, 0.05) is 55.4 Å². The van der Waals surface area contributed by atoms with Gasteiger partial charge in [-0.05, 0) is 231 Å². The third-order valence-corrected chi connectivity index (χ3v) is 23.2. The molecular formula is C100H101F5N8O2. The highest BCUT2D eigenvalue weighted by Crippen LogP contribution is 2.50. The van der Waals surface area contributed by atoms with Crippen LogP contribution in [0.15, 0.2) is 152 Å². The van der Waals surface area contributed by atoms with Crippen molar-refractivity contribution < 1.29 is 31.4 Å². The average molecular weight is 1540 g/mol. The fourth-order valence-corrected chi connectivity index (χ4v) is 17.0.